The first-order chi connectivity index (χ1) is 10.1. The maximum Gasteiger partial charge on any atom is 0.241 e. The number of ether oxygens (including phenoxy) is 1. The van der Waals surface area contributed by atoms with Gasteiger partial charge < -0.3 is 9.64 Å². The molecule has 3 atom stereocenters. The Hall–Kier alpha value is -1.39. The van der Waals surface area contributed by atoms with E-state index < -0.39 is 0 Å². The van der Waals surface area contributed by atoms with Gasteiger partial charge in [0.2, 0.25) is 5.91 Å². The van der Waals surface area contributed by atoms with Crippen molar-refractivity contribution in [3.05, 3.63) is 35.4 Å². The van der Waals surface area contributed by atoms with Crippen molar-refractivity contribution >= 4 is 5.91 Å². The largest absolute Gasteiger partial charge is 0.383 e. The summed E-state index contributed by atoms with van der Waals surface area (Å²) in [5.74, 6) is 0.173. The fourth-order valence-electron chi connectivity index (χ4n) is 2.93. The van der Waals surface area contributed by atoms with Gasteiger partial charge in [-0.25, -0.2) is 0 Å². The Morgan fingerprint density at radius 3 is 2.48 bits per heavy atom. The van der Waals surface area contributed by atoms with Crippen LogP contribution >= 0.6 is 0 Å². The lowest BCUT2D eigenvalue weighted by Crippen LogP contribution is -2.40. The number of methoxy groups -OCH3 is 1. The molecule has 1 fully saturated rings. The van der Waals surface area contributed by atoms with Crippen LogP contribution in [0.15, 0.2) is 24.3 Å². The highest BCUT2D eigenvalue weighted by Gasteiger charge is 2.40. The summed E-state index contributed by atoms with van der Waals surface area (Å²) in [7, 11) is 1.67. The molecular formula is C17H26N2O2. The highest BCUT2D eigenvalue weighted by Crippen LogP contribution is 2.29. The Balaban J connectivity index is 2.26. The summed E-state index contributed by atoms with van der Waals surface area (Å²) in [6.07, 6.45) is 1.77. The van der Waals surface area contributed by atoms with E-state index in [-0.39, 0.29) is 24.2 Å². The van der Waals surface area contributed by atoms with Crippen LogP contribution in [0, 0.1) is 0 Å². The summed E-state index contributed by atoms with van der Waals surface area (Å²) in [5, 5.41) is 3.45. The Morgan fingerprint density at radius 2 is 1.95 bits per heavy atom. The summed E-state index contributed by atoms with van der Waals surface area (Å²) < 4.78 is 5.23. The minimum absolute atomic E-state index is 0.0569. The molecule has 21 heavy (non-hydrogen) atoms. The second-order valence-electron chi connectivity index (χ2n) is 5.68. The summed E-state index contributed by atoms with van der Waals surface area (Å²) in [4.78, 5) is 14.5. The van der Waals surface area contributed by atoms with Crippen LogP contribution in [0.4, 0.5) is 0 Å². The van der Waals surface area contributed by atoms with Crippen molar-refractivity contribution in [2.45, 2.75) is 51.9 Å². The third-order valence-corrected chi connectivity index (χ3v) is 4.18. The number of hydrogen-bond acceptors (Lipinski definition) is 3. The molecule has 0 bridgehead atoms. The van der Waals surface area contributed by atoms with Crippen LogP contribution in [0.1, 0.15) is 44.5 Å². The quantitative estimate of drug-likeness (QED) is 0.875. The molecule has 1 aromatic rings. The van der Waals surface area contributed by atoms with Crippen molar-refractivity contribution in [3.63, 3.8) is 0 Å². The average Bonchev–Trinajstić information content (AvgIpc) is 2.84. The minimum atomic E-state index is -0.0971. The van der Waals surface area contributed by atoms with Crippen LogP contribution < -0.4 is 5.32 Å². The highest BCUT2D eigenvalue weighted by molar-refractivity contribution is 5.84. The molecule has 4 nitrogen and oxygen atoms in total. The van der Waals surface area contributed by atoms with E-state index in [9.17, 15) is 4.79 Å². The fourth-order valence-corrected chi connectivity index (χ4v) is 2.93. The molecule has 1 N–H and O–H groups in total. The third-order valence-electron chi connectivity index (χ3n) is 4.18. The Kier molecular flexibility index (Phi) is 5.37. The lowest BCUT2D eigenvalue weighted by molar-refractivity contribution is -0.133. The third kappa shape index (κ3) is 3.27. The first-order valence-electron chi connectivity index (χ1n) is 7.78. The van der Waals surface area contributed by atoms with Crippen LogP contribution in [0.2, 0.25) is 0 Å². The summed E-state index contributed by atoms with van der Waals surface area (Å²) in [6.45, 7) is 6.77. The molecule has 3 unspecified atom stereocenters. The molecule has 116 valence electrons. The van der Waals surface area contributed by atoms with Crippen LogP contribution in [0.25, 0.3) is 0 Å². The minimum Gasteiger partial charge on any atom is -0.383 e. The van der Waals surface area contributed by atoms with Crippen molar-refractivity contribution in [1.29, 1.82) is 0 Å². The number of benzene rings is 1. The van der Waals surface area contributed by atoms with E-state index in [1.807, 2.05) is 18.7 Å². The molecule has 0 radical (unpaired) electrons. The molecule has 1 saturated heterocycles. The van der Waals surface area contributed by atoms with Gasteiger partial charge in [0.1, 0.15) is 6.17 Å². The number of aryl methyl sites for hydroxylation is 1. The Morgan fingerprint density at radius 1 is 1.29 bits per heavy atom. The molecule has 0 aliphatic carbocycles. The predicted octanol–water partition coefficient (Wildman–Crippen LogP) is 2.49. The lowest BCUT2D eigenvalue weighted by atomic mass is 10.1. The summed E-state index contributed by atoms with van der Waals surface area (Å²) in [5.41, 5.74) is 2.45. The van der Waals surface area contributed by atoms with Crippen molar-refractivity contribution in [3.8, 4) is 0 Å². The molecule has 4 heteroatoms. The molecule has 1 aliphatic rings. The highest BCUT2D eigenvalue weighted by atomic mass is 16.5. The van der Waals surface area contributed by atoms with E-state index >= 15 is 0 Å². The molecular weight excluding hydrogens is 264 g/mol. The van der Waals surface area contributed by atoms with Gasteiger partial charge in [-0.15, -0.1) is 0 Å². The average molecular weight is 290 g/mol. The van der Waals surface area contributed by atoms with Gasteiger partial charge in [0.05, 0.1) is 18.7 Å². The number of nitrogens with one attached hydrogen (secondary N) is 1. The molecule has 1 heterocycles. The molecule has 0 saturated carbocycles. The van der Waals surface area contributed by atoms with Gasteiger partial charge in [-0.2, -0.15) is 0 Å². The van der Waals surface area contributed by atoms with Gasteiger partial charge in [-0.1, -0.05) is 38.1 Å². The van der Waals surface area contributed by atoms with Gasteiger partial charge in [0.15, 0.2) is 0 Å². The molecule has 1 aromatic carbocycles. The van der Waals surface area contributed by atoms with Gasteiger partial charge in [0, 0.05) is 7.11 Å². The normalized spacial score (nSPS) is 23.6. The van der Waals surface area contributed by atoms with E-state index in [1.165, 1.54) is 5.56 Å². The van der Waals surface area contributed by atoms with E-state index in [0.29, 0.717) is 6.61 Å². The summed E-state index contributed by atoms with van der Waals surface area (Å²) in [6, 6.07) is 8.48. The second-order valence-corrected chi connectivity index (χ2v) is 5.68. The van der Waals surface area contributed by atoms with Crippen LogP contribution in [-0.2, 0) is 16.0 Å². The zero-order valence-corrected chi connectivity index (χ0v) is 13.4. The molecule has 0 aromatic heterocycles. The fraction of sp³-hybridized carbons (Fsp3) is 0.588. The number of amides is 1. The lowest BCUT2D eigenvalue weighted by Gasteiger charge is -2.30. The zero-order valence-electron chi connectivity index (χ0n) is 13.4. The SMILES string of the molecule is CCc1ccc(C2NC(CC)C(=O)N2C(C)COC)cc1. The first-order valence-corrected chi connectivity index (χ1v) is 7.78. The first kappa shape index (κ1) is 16.0. The molecule has 0 spiro atoms. The molecule has 1 aliphatic heterocycles. The number of hydrogen-bond donors (Lipinski definition) is 1. The van der Waals surface area contributed by atoms with Crippen molar-refractivity contribution < 1.29 is 9.53 Å². The van der Waals surface area contributed by atoms with Crippen LogP contribution in [0.5, 0.6) is 0 Å². The van der Waals surface area contributed by atoms with Gasteiger partial charge in [-0.3, -0.25) is 10.1 Å². The monoisotopic (exact) mass is 290 g/mol. The van der Waals surface area contributed by atoms with E-state index in [4.69, 9.17) is 4.74 Å². The number of carbonyl (C=O) groups is 1. The molecule has 1 amide bonds. The maximum atomic E-state index is 12.6. The van der Waals surface area contributed by atoms with E-state index in [1.54, 1.807) is 7.11 Å². The van der Waals surface area contributed by atoms with Gasteiger partial charge >= 0.3 is 0 Å². The standard InChI is InChI=1S/C17H26N2O2/c1-5-13-7-9-14(10-8-13)16-18-15(6-2)17(20)19(16)12(3)11-21-4/h7-10,12,15-16,18H,5-6,11H2,1-4H3. The van der Waals surface area contributed by atoms with Gasteiger partial charge in [-0.05, 0) is 30.9 Å². The van der Waals surface area contributed by atoms with E-state index in [0.717, 1.165) is 18.4 Å². The van der Waals surface area contributed by atoms with Crippen LogP contribution in [0.3, 0.4) is 0 Å². The smallest absolute Gasteiger partial charge is 0.241 e. The topological polar surface area (TPSA) is 41.6 Å². The zero-order chi connectivity index (χ0) is 15.4. The second kappa shape index (κ2) is 7.05. The Bertz CT molecular complexity index is 472. The number of rotatable bonds is 6. The van der Waals surface area contributed by atoms with Crippen molar-refractivity contribution in [2.75, 3.05) is 13.7 Å². The van der Waals surface area contributed by atoms with E-state index in [2.05, 4.69) is 36.5 Å². The Labute approximate surface area is 127 Å². The molecule has 2 rings (SSSR count). The van der Waals surface area contributed by atoms with Crippen molar-refractivity contribution in [1.82, 2.24) is 10.2 Å². The number of nitrogens with zero attached hydrogens (tertiary/aromatic N) is 1. The van der Waals surface area contributed by atoms with Crippen LogP contribution in [-0.4, -0.2) is 36.6 Å². The number of carbonyl (C=O) groups excluding carboxylic acids is 1. The predicted molar refractivity (Wildman–Crippen MR) is 84.0 cm³/mol. The van der Waals surface area contributed by atoms with Gasteiger partial charge in [0.25, 0.3) is 0 Å². The van der Waals surface area contributed by atoms with Crippen molar-refractivity contribution in [2.24, 2.45) is 0 Å². The summed E-state index contributed by atoms with van der Waals surface area (Å²) >= 11 is 0. The maximum absolute atomic E-state index is 12.6.